The molecule has 0 spiro atoms. The lowest BCUT2D eigenvalue weighted by atomic mass is 9.86. The molecule has 0 amide bonds. The lowest BCUT2D eigenvalue weighted by molar-refractivity contribution is 0.139. The molecule has 2 heteroatoms. The molecule has 0 N–H and O–H groups in total. The zero-order valence-electron chi connectivity index (χ0n) is 12.8. The van der Waals surface area contributed by atoms with E-state index in [1.807, 2.05) is 0 Å². The van der Waals surface area contributed by atoms with Gasteiger partial charge in [-0.25, -0.2) is 0 Å². The zero-order chi connectivity index (χ0) is 13.8. The van der Waals surface area contributed by atoms with Crippen LogP contribution in [0.3, 0.4) is 0 Å². The predicted octanol–water partition coefficient (Wildman–Crippen LogP) is 3.67. The van der Waals surface area contributed by atoms with Crippen molar-refractivity contribution in [1.82, 2.24) is 4.90 Å². The van der Waals surface area contributed by atoms with E-state index in [4.69, 9.17) is 4.74 Å². The van der Waals surface area contributed by atoms with Crippen LogP contribution in [0, 0.1) is 0 Å². The summed E-state index contributed by atoms with van der Waals surface area (Å²) >= 11 is 0. The van der Waals surface area contributed by atoms with Gasteiger partial charge in [0, 0.05) is 12.1 Å². The number of ether oxygens (including phenoxy) is 1. The Bertz CT molecular complexity index is 414. The van der Waals surface area contributed by atoms with Gasteiger partial charge in [0.2, 0.25) is 0 Å². The molecule has 0 heterocycles. The van der Waals surface area contributed by atoms with Crippen molar-refractivity contribution < 1.29 is 4.74 Å². The minimum atomic E-state index is 0.636. The van der Waals surface area contributed by atoms with Crippen LogP contribution in [0.25, 0.3) is 0 Å². The maximum absolute atomic E-state index is 5.49. The first kappa shape index (κ1) is 14.4. The van der Waals surface area contributed by atoms with E-state index in [0.29, 0.717) is 12.1 Å². The van der Waals surface area contributed by atoms with Crippen molar-refractivity contribution >= 4 is 0 Å². The maximum Gasteiger partial charge on any atom is 0.122 e. The number of benzene rings is 1. The Balaban J connectivity index is 2.17. The molecule has 0 unspecified atom stereocenters. The van der Waals surface area contributed by atoms with Gasteiger partial charge >= 0.3 is 0 Å². The molecule has 1 aromatic rings. The standard InChI is InChI=1S/C17H27NO/c1-5-11-18(13(2)3)15-9-10-16-14(12-15)7-6-8-17(16)19-4/h6-8,13,15H,5,9-12H2,1-4H3/t15-/m0/s1. The van der Waals surface area contributed by atoms with Crippen LogP contribution < -0.4 is 4.74 Å². The van der Waals surface area contributed by atoms with Gasteiger partial charge in [-0.15, -0.1) is 0 Å². The van der Waals surface area contributed by atoms with Gasteiger partial charge in [0.15, 0.2) is 0 Å². The summed E-state index contributed by atoms with van der Waals surface area (Å²) in [5.41, 5.74) is 2.92. The summed E-state index contributed by atoms with van der Waals surface area (Å²) in [4.78, 5) is 2.67. The van der Waals surface area contributed by atoms with Gasteiger partial charge in [-0.2, -0.15) is 0 Å². The van der Waals surface area contributed by atoms with Crippen molar-refractivity contribution in [3.63, 3.8) is 0 Å². The second-order valence-electron chi connectivity index (χ2n) is 5.83. The molecular weight excluding hydrogens is 234 g/mol. The van der Waals surface area contributed by atoms with Crippen LogP contribution in [0.5, 0.6) is 5.75 Å². The summed E-state index contributed by atoms with van der Waals surface area (Å²) in [5.74, 6) is 1.07. The van der Waals surface area contributed by atoms with Crippen LogP contribution >= 0.6 is 0 Å². The van der Waals surface area contributed by atoms with Crippen LogP contribution in [0.4, 0.5) is 0 Å². The molecule has 0 bridgehead atoms. The largest absolute Gasteiger partial charge is 0.496 e. The molecule has 1 aromatic carbocycles. The lowest BCUT2D eigenvalue weighted by Gasteiger charge is -2.38. The summed E-state index contributed by atoms with van der Waals surface area (Å²) < 4.78 is 5.49. The minimum absolute atomic E-state index is 0.636. The van der Waals surface area contributed by atoms with Crippen LogP contribution in [0.15, 0.2) is 18.2 Å². The van der Waals surface area contributed by atoms with Crippen LogP contribution in [0.2, 0.25) is 0 Å². The van der Waals surface area contributed by atoms with Gasteiger partial charge in [0.25, 0.3) is 0 Å². The van der Waals surface area contributed by atoms with Crippen molar-refractivity contribution in [3.05, 3.63) is 29.3 Å². The predicted molar refractivity (Wildman–Crippen MR) is 80.9 cm³/mol. The van der Waals surface area contributed by atoms with Crippen molar-refractivity contribution in [2.24, 2.45) is 0 Å². The monoisotopic (exact) mass is 261 g/mol. The molecule has 0 saturated heterocycles. The molecular formula is C17H27NO. The van der Waals surface area contributed by atoms with Crippen LogP contribution in [-0.2, 0) is 12.8 Å². The van der Waals surface area contributed by atoms with E-state index >= 15 is 0 Å². The van der Waals surface area contributed by atoms with E-state index in [1.165, 1.54) is 36.9 Å². The first-order valence-corrected chi connectivity index (χ1v) is 7.57. The smallest absolute Gasteiger partial charge is 0.122 e. The van der Waals surface area contributed by atoms with E-state index in [9.17, 15) is 0 Å². The first-order valence-electron chi connectivity index (χ1n) is 7.57. The molecule has 0 saturated carbocycles. The zero-order valence-corrected chi connectivity index (χ0v) is 12.8. The first-order chi connectivity index (χ1) is 9.17. The molecule has 19 heavy (non-hydrogen) atoms. The third kappa shape index (κ3) is 3.11. The average molecular weight is 261 g/mol. The van der Waals surface area contributed by atoms with Crippen molar-refractivity contribution in [1.29, 1.82) is 0 Å². The topological polar surface area (TPSA) is 12.5 Å². The Morgan fingerprint density at radius 1 is 1.37 bits per heavy atom. The summed E-state index contributed by atoms with van der Waals surface area (Å²) in [6.07, 6.45) is 4.81. The van der Waals surface area contributed by atoms with E-state index < -0.39 is 0 Å². The quantitative estimate of drug-likeness (QED) is 0.802. The molecule has 0 radical (unpaired) electrons. The third-order valence-electron chi connectivity index (χ3n) is 4.25. The number of rotatable bonds is 5. The molecule has 2 rings (SSSR count). The second kappa shape index (κ2) is 6.42. The number of nitrogens with zero attached hydrogens (tertiary/aromatic N) is 1. The Labute approximate surface area is 117 Å². The maximum atomic E-state index is 5.49. The summed E-state index contributed by atoms with van der Waals surface area (Å²) in [7, 11) is 1.78. The highest BCUT2D eigenvalue weighted by atomic mass is 16.5. The number of methoxy groups -OCH3 is 1. The Morgan fingerprint density at radius 2 is 2.16 bits per heavy atom. The molecule has 0 fully saturated rings. The van der Waals surface area contributed by atoms with Crippen LogP contribution in [0.1, 0.15) is 44.7 Å². The SMILES string of the molecule is CCCN(C(C)C)[C@H]1CCc2c(cccc2OC)C1. The normalized spacial score (nSPS) is 18.7. The van der Waals surface area contributed by atoms with Gasteiger partial charge < -0.3 is 4.74 Å². The van der Waals surface area contributed by atoms with E-state index in [0.717, 1.165) is 12.2 Å². The van der Waals surface area contributed by atoms with Crippen molar-refractivity contribution in [3.8, 4) is 5.75 Å². The molecule has 1 atom stereocenters. The highest BCUT2D eigenvalue weighted by Gasteiger charge is 2.26. The molecule has 0 aromatic heterocycles. The highest BCUT2D eigenvalue weighted by molar-refractivity contribution is 5.42. The number of hydrogen-bond donors (Lipinski definition) is 0. The Hall–Kier alpha value is -1.02. The van der Waals surface area contributed by atoms with E-state index in [1.54, 1.807) is 7.11 Å². The fraction of sp³-hybridized carbons (Fsp3) is 0.647. The molecule has 1 aliphatic rings. The summed E-state index contributed by atoms with van der Waals surface area (Å²) in [6, 6.07) is 7.82. The molecule has 2 nitrogen and oxygen atoms in total. The highest BCUT2D eigenvalue weighted by Crippen LogP contribution is 2.31. The summed E-state index contributed by atoms with van der Waals surface area (Å²) in [6.45, 7) is 8.12. The van der Waals surface area contributed by atoms with Gasteiger partial charge in [0.05, 0.1) is 7.11 Å². The summed E-state index contributed by atoms with van der Waals surface area (Å²) in [5, 5.41) is 0. The van der Waals surface area contributed by atoms with Gasteiger partial charge in [0.1, 0.15) is 5.75 Å². The fourth-order valence-corrected chi connectivity index (χ4v) is 3.35. The number of fused-ring (bicyclic) bond motifs is 1. The Morgan fingerprint density at radius 3 is 2.79 bits per heavy atom. The average Bonchev–Trinajstić information content (AvgIpc) is 2.43. The van der Waals surface area contributed by atoms with E-state index in [-0.39, 0.29) is 0 Å². The van der Waals surface area contributed by atoms with Crippen molar-refractivity contribution in [2.45, 2.75) is 58.5 Å². The van der Waals surface area contributed by atoms with Crippen molar-refractivity contribution in [2.75, 3.05) is 13.7 Å². The molecule has 1 aliphatic carbocycles. The third-order valence-corrected chi connectivity index (χ3v) is 4.25. The molecule has 106 valence electrons. The minimum Gasteiger partial charge on any atom is -0.496 e. The fourth-order valence-electron chi connectivity index (χ4n) is 3.35. The van der Waals surface area contributed by atoms with Gasteiger partial charge in [-0.3, -0.25) is 4.90 Å². The number of hydrogen-bond acceptors (Lipinski definition) is 2. The van der Waals surface area contributed by atoms with Gasteiger partial charge in [-0.05, 0) is 63.3 Å². The molecule has 0 aliphatic heterocycles. The second-order valence-corrected chi connectivity index (χ2v) is 5.83. The Kier molecular flexibility index (Phi) is 4.87. The van der Waals surface area contributed by atoms with Crippen LogP contribution in [-0.4, -0.2) is 30.6 Å². The lowest BCUT2D eigenvalue weighted by Crippen LogP contribution is -2.44. The van der Waals surface area contributed by atoms with E-state index in [2.05, 4.69) is 43.9 Å². The van der Waals surface area contributed by atoms with Gasteiger partial charge in [-0.1, -0.05) is 19.1 Å².